The molecule has 0 aliphatic heterocycles. The molecule has 0 saturated heterocycles. The maximum absolute atomic E-state index is 12.1. The lowest BCUT2D eigenvalue weighted by Crippen LogP contribution is -2.51. The summed E-state index contributed by atoms with van der Waals surface area (Å²) in [4.78, 5) is 27.0. The smallest absolute Gasteiger partial charge is 0.270 e. The van der Waals surface area contributed by atoms with E-state index in [0.29, 0.717) is 6.54 Å². The van der Waals surface area contributed by atoms with Gasteiger partial charge >= 0.3 is 0 Å². The SMILES string of the molecule is Cl.NCC1(NC(=O)c2ccc(C(N)=O)cn2)CCCC1. The van der Waals surface area contributed by atoms with E-state index in [9.17, 15) is 9.59 Å². The number of nitrogens with two attached hydrogens (primary N) is 2. The van der Waals surface area contributed by atoms with Gasteiger partial charge in [0.05, 0.1) is 11.1 Å². The number of nitrogens with one attached hydrogen (secondary N) is 1. The number of nitrogens with zero attached hydrogens (tertiary/aromatic N) is 1. The van der Waals surface area contributed by atoms with Crippen LogP contribution in [0.3, 0.4) is 0 Å². The molecule has 1 aromatic heterocycles. The van der Waals surface area contributed by atoms with Crippen molar-refractivity contribution in [2.75, 3.05) is 6.54 Å². The second kappa shape index (κ2) is 6.67. The molecular formula is C13H19ClN4O2. The predicted molar refractivity (Wildman–Crippen MR) is 77.7 cm³/mol. The lowest BCUT2D eigenvalue weighted by atomic mass is 9.97. The Bertz CT molecular complexity index is 484. The molecule has 1 saturated carbocycles. The number of pyridine rings is 1. The first-order valence-electron chi connectivity index (χ1n) is 6.35. The van der Waals surface area contributed by atoms with Crippen molar-refractivity contribution < 1.29 is 9.59 Å². The molecule has 0 radical (unpaired) electrons. The number of primary amides is 1. The molecule has 6 nitrogen and oxygen atoms in total. The van der Waals surface area contributed by atoms with Crippen molar-refractivity contribution in [2.45, 2.75) is 31.2 Å². The van der Waals surface area contributed by atoms with Crippen molar-refractivity contribution in [1.29, 1.82) is 0 Å². The number of amides is 2. The average molecular weight is 299 g/mol. The minimum absolute atomic E-state index is 0. The van der Waals surface area contributed by atoms with Crippen molar-refractivity contribution in [3.63, 3.8) is 0 Å². The van der Waals surface area contributed by atoms with Crippen LogP contribution in [0.2, 0.25) is 0 Å². The zero-order chi connectivity index (χ0) is 13.9. The molecule has 20 heavy (non-hydrogen) atoms. The van der Waals surface area contributed by atoms with E-state index < -0.39 is 5.91 Å². The maximum Gasteiger partial charge on any atom is 0.270 e. The van der Waals surface area contributed by atoms with Gasteiger partial charge in [-0.1, -0.05) is 12.8 Å². The molecule has 1 heterocycles. The van der Waals surface area contributed by atoms with Gasteiger partial charge in [-0.25, -0.2) is 0 Å². The molecule has 110 valence electrons. The van der Waals surface area contributed by atoms with Crippen LogP contribution in [0.1, 0.15) is 46.5 Å². The van der Waals surface area contributed by atoms with E-state index >= 15 is 0 Å². The first kappa shape index (κ1) is 16.4. The molecule has 1 aliphatic carbocycles. The highest BCUT2D eigenvalue weighted by molar-refractivity contribution is 5.95. The molecule has 0 aromatic carbocycles. The first-order valence-corrected chi connectivity index (χ1v) is 6.35. The minimum atomic E-state index is -0.561. The van der Waals surface area contributed by atoms with Crippen LogP contribution < -0.4 is 16.8 Å². The molecule has 0 spiro atoms. The third-order valence-electron chi connectivity index (χ3n) is 3.61. The van der Waals surface area contributed by atoms with Gasteiger partial charge in [-0.15, -0.1) is 12.4 Å². The average Bonchev–Trinajstić information content (AvgIpc) is 2.88. The van der Waals surface area contributed by atoms with Gasteiger partial charge in [-0.2, -0.15) is 0 Å². The normalized spacial score (nSPS) is 16.2. The molecule has 1 aliphatic rings. The molecule has 2 amide bonds. The van der Waals surface area contributed by atoms with E-state index in [2.05, 4.69) is 10.3 Å². The van der Waals surface area contributed by atoms with Gasteiger partial charge in [-0.05, 0) is 25.0 Å². The van der Waals surface area contributed by atoms with Gasteiger partial charge in [0.1, 0.15) is 5.69 Å². The van der Waals surface area contributed by atoms with Crippen LogP contribution in [-0.2, 0) is 0 Å². The summed E-state index contributed by atoms with van der Waals surface area (Å²) in [5.74, 6) is -0.822. The third-order valence-corrected chi connectivity index (χ3v) is 3.61. The van der Waals surface area contributed by atoms with Crippen LogP contribution in [0.5, 0.6) is 0 Å². The number of rotatable bonds is 4. The van der Waals surface area contributed by atoms with Crippen molar-refractivity contribution in [1.82, 2.24) is 10.3 Å². The summed E-state index contributed by atoms with van der Waals surface area (Å²) in [5, 5.41) is 2.96. The monoisotopic (exact) mass is 298 g/mol. The Balaban J connectivity index is 0.00000200. The van der Waals surface area contributed by atoms with Crippen LogP contribution in [0.15, 0.2) is 18.3 Å². The summed E-state index contributed by atoms with van der Waals surface area (Å²) >= 11 is 0. The topological polar surface area (TPSA) is 111 Å². The van der Waals surface area contributed by atoms with Crippen molar-refractivity contribution in [3.8, 4) is 0 Å². The van der Waals surface area contributed by atoms with Crippen molar-refractivity contribution >= 4 is 24.2 Å². The summed E-state index contributed by atoms with van der Waals surface area (Å²) in [5.41, 5.74) is 11.1. The second-order valence-corrected chi connectivity index (χ2v) is 4.94. The molecule has 5 N–H and O–H groups in total. The van der Waals surface area contributed by atoms with Crippen LogP contribution in [0, 0.1) is 0 Å². The van der Waals surface area contributed by atoms with E-state index in [4.69, 9.17) is 11.5 Å². The standard InChI is InChI=1S/C13H18N4O2.ClH/c14-8-13(5-1-2-6-13)17-12(19)10-4-3-9(7-16-10)11(15)18;/h3-4,7H,1-2,5-6,8,14H2,(H2,15,18)(H,17,19);1H. The third kappa shape index (κ3) is 3.46. The Morgan fingerprint density at radius 2 is 1.95 bits per heavy atom. The molecule has 1 aromatic rings. The van der Waals surface area contributed by atoms with Gasteiger partial charge in [0, 0.05) is 12.7 Å². The number of halogens is 1. The molecule has 0 atom stereocenters. The molecule has 0 bridgehead atoms. The Morgan fingerprint density at radius 3 is 2.40 bits per heavy atom. The summed E-state index contributed by atoms with van der Waals surface area (Å²) < 4.78 is 0. The van der Waals surface area contributed by atoms with E-state index in [1.807, 2.05) is 0 Å². The van der Waals surface area contributed by atoms with Crippen LogP contribution >= 0.6 is 12.4 Å². The van der Waals surface area contributed by atoms with Gasteiger partial charge in [0.25, 0.3) is 5.91 Å². The summed E-state index contributed by atoms with van der Waals surface area (Å²) in [6, 6.07) is 2.99. The summed E-state index contributed by atoms with van der Waals surface area (Å²) in [6.45, 7) is 0.429. The van der Waals surface area contributed by atoms with E-state index in [1.54, 1.807) is 0 Å². The van der Waals surface area contributed by atoms with Crippen LogP contribution in [0.4, 0.5) is 0 Å². The number of aromatic nitrogens is 1. The molecule has 0 unspecified atom stereocenters. The highest BCUT2D eigenvalue weighted by Crippen LogP contribution is 2.28. The lowest BCUT2D eigenvalue weighted by Gasteiger charge is -2.28. The number of hydrogen-bond donors (Lipinski definition) is 3. The number of carbonyl (C=O) groups is 2. The van der Waals surface area contributed by atoms with Crippen molar-refractivity contribution in [2.24, 2.45) is 11.5 Å². The molecule has 7 heteroatoms. The van der Waals surface area contributed by atoms with Crippen LogP contribution in [-0.4, -0.2) is 28.9 Å². The first-order chi connectivity index (χ1) is 9.06. The fourth-order valence-electron chi connectivity index (χ4n) is 2.41. The molecule has 1 fully saturated rings. The van der Waals surface area contributed by atoms with E-state index in [-0.39, 0.29) is 35.1 Å². The predicted octanol–water partition coefficient (Wildman–Crippen LogP) is 0.604. The fourth-order valence-corrected chi connectivity index (χ4v) is 2.41. The van der Waals surface area contributed by atoms with Gasteiger partial charge < -0.3 is 16.8 Å². The lowest BCUT2D eigenvalue weighted by molar-refractivity contribution is 0.0896. The summed E-state index contributed by atoms with van der Waals surface area (Å²) in [6.07, 6.45) is 5.25. The highest BCUT2D eigenvalue weighted by atomic mass is 35.5. The summed E-state index contributed by atoms with van der Waals surface area (Å²) in [7, 11) is 0. The minimum Gasteiger partial charge on any atom is -0.366 e. The Morgan fingerprint density at radius 1 is 1.30 bits per heavy atom. The Kier molecular flexibility index (Phi) is 5.47. The van der Waals surface area contributed by atoms with Gasteiger partial charge in [0.15, 0.2) is 0 Å². The van der Waals surface area contributed by atoms with Crippen LogP contribution in [0.25, 0.3) is 0 Å². The fraction of sp³-hybridized carbons (Fsp3) is 0.462. The Hall–Kier alpha value is -1.66. The van der Waals surface area contributed by atoms with Gasteiger partial charge in [-0.3, -0.25) is 14.6 Å². The maximum atomic E-state index is 12.1. The zero-order valence-electron chi connectivity index (χ0n) is 11.1. The van der Waals surface area contributed by atoms with E-state index in [0.717, 1.165) is 25.7 Å². The largest absolute Gasteiger partial charge is 0.366 e. The molecule has 2 rings (SSSR count). The Labute approximate surface area is 123 Å². The quantitative estimate of drug-likeness (QED) is 0.756. The zero-order valence-corrected chi connectivity index (χ0v) is 11.9. The number of hydrogen-bond acceptors (Lipinski definition) is 4. The van der Waals surface area contributed by atoms with Gasteiger partial charge in [0.2, 0.25) is 5.91 Å². The van der Waals surface area contributed by atoms with Crippen molar-refractivity contribution in [3.05, 3.63) is 29.6 Å². The highest BCUT2D eigenvalue weighted by Gasteiger charge is 2.34. The molecular weight excluding hydrogens is 280 g/mol. The second-order valence-electron chi connectivity index (χ2n) is 4.94. The van der Waals surface area contributed by atoms with E-state index in [1.165, 1.54) is 18.3 Å². The number of carbonyl (C=O) groups excluding carboxylic acids is 2.